The van der Waals surface area contributed by atoms with Gasteiger partial charge >= 0.3 is 5.97 Å². The average molecular weight is 434 g/mol. The third-order valence-corrected chi connectivity index (χ3v) is 6.38. The highest BCUT2D eigenvalue weighted by Gasteiger charge is 2.44. The number of aliphatic imine (C=N–C) groups is 1. The fraction of sp³-hybridized carbons (Fsp3) is 0.346. The second kappa shape index (κ2) is 8.99. The zero-order chi connectivity index (χ0) is 22.8. The second-order valence-electron chi connectivity index (χ2n) is 8.17. The zero-order valence-electron chi connectivity index (χ0n) is 18.8. The van der Waals surface area contributed by atoms with Crippen molar-refractivity contribution in [2.45, 2.75) is 31.6 Å². The first-order chi connectivity index (χ1) is 15.5. The highest BCUT2D eigenvalue weighted by atomic mass is 16.5. The number of hydrogen-bond acceptors (Lipinski definition) is 6. The number of ether oxygens (including phenoxy) is 3. The van der Waals surface area contributed by atoms with Crippen molar-refractivity contribution in [2.24, 2.45) is 10.9 Å². The molecule has 0 fully saturated rings. The third kappa shape index (κ3) is 3.93. The van der Waals surface area contributed by atoms with E-state index in [1.807, 2.05) is 55.5 Å². The summed E-state index contributed by atoms with van der Waals surface area (Å²) in [6.45, 7) is 1.83. The molecule has 1 unspecified atom stereocenters. The zero-order valence-corrected chi connectivity index (χ0v) is 18.8. The summed E-state index contributed by atoms with van der Waals surface area (Å²) in [5.74, 6) is 0.0147. The number of hydrogen-bond donors (Lipinski definition) is 0. The Labute approximate surface area is 187 Å². The van der Waals surface area contributed by atoms with Crippen molar-refractivity contribution in [3.63, 3.8) is 0 Å². The van der Waals surface area contributed by atoms with Gasteiger partial charge in [-0.15, -0.1) is 0 Å². The van der Waals surface area contributed by atoms with Crippen molar-refractivity contribution >= 4 is 17.5 Å². The summed E-state index contributed by atoms with van der Waals surface area (Å²) in [7, 11) is 4.59. The van der Waals surface area contributed by atoms with Crippen LogP contribution >= 0.6 is 0 Å². The maximum Gasteiger partial charge on any atom is 0.315 e. The molecule has 4 rings (SSSR count). The highest BCUT2D eigenvalue weighted by molar-refractivity contribution is 6.09. The Kier molecular flexibility index (Phi) is 6.12. The monoisotopic (exact) mass is 433 g/mol. The summed E-state index contributed by atoms with van der Waals surface area (Å²) in [6.07, 6.45) is 1.01. The van der Waals surface area contributed by atoms with Crippen molar-refractivity contribution < 1.29 is 23.8 Å². The van der Waals surface area contributed by atoms with E-state index in [9.17, 15) is 9.59 Å². The van der Waals surface area contributed by atoms with E-state index < -0.39 is 17.8 Å². The van der Waals surface area contributed by atoms with E-state index in [-0.39, 0.29) is 11.7 Å². The first-order valence-electron chi connectivity index (χ1n) is 10.6. The van der Waals surface area contributed by atoms with Gasteiger partial charge in [0.1, 0.15) is 17.4 Å². The number of ketones is 1. The van der Waals surface area contributed by atoms with E-state index in [2.05, 4.69) is 0 Å². The Morgan fingerprint density at radius 2 is 1.66 bits per heavy atom. The van der Waals surface area contributed by atoms with Crippen LogP contribution in [0.5, 0.6) is 11.5 Å². The molecule has 0 saturated carbocycles. The number of carbonyl (C=O) groups excluding carboxylic acids is 2. The number of Topliss-reactive ketones (excluding diaryl/α,β-unsaturated/α-hetero) is 1. The van der Waals surface area contributed by atoms with Crippen molar-refractivity contribution in [3.05, 3.63) is 70.9 Å². The molecule has 1 aliphatic heterocycles. The number of methoxy groups -OCH3 is 3. The van der Waals surface area contributed by atoms with Crippen LogP contribution in [0.1, 0.15) is 42.7 Å². The van der Waals surface area contributed by atoms with Crippen LogP contribution in [0.15, 0.2) is 64.8 Å². The number of nitrogens with zero attached hydrogens (tertiary/aromatic N) is 1. The smallest absolute Gasteiger partial charge is 0.315 e. The minimum atomic E-state index is -0.646. The minimum absolute atomic E-state index is 0.0186. The normalized spacial score (nSPS) is 22.7. The van der Waals surface area contributed by atoms with E-state index >= 15 is 0 Å². The lowest BCUT2D eigenvalue weighted by Crippen LogP contribution is -2.37. The summed E-state index contributed by atoms with van der Waals surface area (Å²) in [6, 6.07) is 15.3. The fourth-order valence-corrected chi connectivity index (χ4v) is 4.80. The summed E-state index contributed by atoms with van der Waals surface area (Å²) < 4.78 is 15.7. The number of benzene rings is 2. The Balaban J connectivity index is 1.78. The molecule has 1 heterocycles. The molecule has 6 heteroatoms. The van der Waals surface area contributed by atoms with E-state index in [1.165, 1.54) is 7.11 Å². The van der Waals surface area contributed by atoms with Gasteiger partial charge in [0.05, 0.1) is 21.3 Å². The number of carbonyl (C=O) groups is 2. The van der Waals surface area contributed by atoms with Crippen LogP contribution in [0.3, 0.4) is 0 Å². The lowest BCUT2D eigenvalue weighted by atomic mass is 9.69. The van der Waals surface area contributed by atoms with Crippen LogP contribution in [0.25, 0.3) is 0 Å². The molecule has 32 heavy (non-hydrogen) atoms. The van der Waals surface area contributed by atoms with Gasteiger partial charge < -0.3 is 14.2 Å². The van der Waals surface area contributed by atoms with E-state index in [0.717, 1.165) is 22.6 Å². The quantitative estimate of drug-likeness (QED) is 0.651. The molecule has 2 aromatic carbocycles. The van der Waals surface area contributed by atoms with Gasteiger partial charge in [0.2, 0.25) is 0 Å². The first-order valence-corrected chi connectivity index (χ1v) is 10.6. The molecular weight excluding hydrogens is 406 g/mol. The van der Waals surface area contributed by atoms with Gasteiger partial charge in [0.15, 0.2) is 5.78 Å². The molecule has 2 aromatic rings. The first kappa shape index (κ1) is 21.8. The minimum Gasteiger partial charge on any atom is -0.497 e. The lowest BCUT2D eigenvalue weighted by molar-refractivity contribution is -0.143. The summed E-state index contributed by atoms with van der Waals surface area (Å²) in [5, 5.41) is 0. The van der Waals surface area contributed by atoms with Gasteiger partial charge in [-0.3, -0.25) is 14.6 Å². The van der Waals surface area contributed by atoms with Crippen LogP contribution in [-0.2, 0) is 14.3 Å². The van der Waals surface area contributed by atoms with Gasteiger partial charge in [0.25, 0.3) is 0 Å². The largest absolute Gasteiger partial charge is 0.497 e. The molecule has 0 aromatic heterocycles. The number of allylic oxidation sites excluding steroid dienone is 2. The standard InChI is InChI=1S/C26H27NO5/c1-15-23(26(29)32-4)24(17-6-5-7-20(12-17)31-3)25-21(27-15)13-18(14-22(25)28)16-8-10-19(30-2)11-9-16/h5-12,18,23-24H,13-14H2,1-4H3/t18-,23?,24+/m0/s1. The van der Waals surface area contributed by atoms with Gasteiger partial charge in [-0.2, -0.15) is 0 Å². The van der Waals surface area contributed by atoms with Gasteiger partial charge in [-0.1, -0.05) is 24.3 Å². The Hall–Kier alpha value is -3.41. The van der Waals surface area contributed by atoms with E-state index in [1.54, 1.807) is 14.2 Å². The van der Waals surface area contributed by atoms with Gasteiger partial charge in [-0.05, 0) is 54.7 Å². The van der Waals surface area contributed by atoms with Crippen LogP contribution in [0.4, 0.5) is 0 Å². The summed E-state index contributed by atoms with van der Waals surface area (Å²) >= 11 is 0. The molecule has 0 saturated heterocycles. The van der Waals surface area contributed by atoms with Crippen LogP contribution in [0, 0.1) is 5.92 Å². The van der Waals surface area contributed by atoms with Crippen molar-refractivity contribution in [3.8, 4) is 11.5 Å². The molecule has 3 atom stereocenters. The molecule has 1 aliphatic carbocycles. The average Bonchev–Trinajstić information content (AvgIpc) is 2.82. The lowest BCUT2D eigenvalue weighted by Gasteiger charge is -2.36. The fourth-order valence-electron chi connectivity index (χ4n) is 4.80. The molecule has 0 bridgehead atoms. The molecule has 166 valence electrons. The van der Waals surface area contributed by atoms with Gasteiger partial charge in [-0.25, -0.2) is 0 Å². The summed E-state index contributed by atoms with van der Waals surface area (Å²) in [4.78, 5) is 31.0. The highest BCUT2D eigenvalue weighted by Crippen LogP contribution is 2.47. The van der Waals surface area contributed by atoms with Crippen LogP contribution in [0.2, 0.25) is 0 Å². The summed E-state index contributed by atoms with van der Waals surface area (Å²) in [5.41, 5.74) is 3.95. The number of rotatable bonds is 5. The molecule has 0 amide bonds. The predicted octanol–water partition coefficient (Wildman–Crippen LogP) is 4.45. The predicted molar refractivity (Wildman–Crippen MR) is 121 cm³/mol. The Morgan fingerprint density at radius 3 is 2.31 bits per heavy atom. The molecule has 2 aliphatic rings. The number of esters is 1. The molecule has 0 radical (unpaired) electrons. The molecule has 6 nitrogen and oxygen atoms in total. The van der Waals surface area contributed by atoms with Crippen LogP contribution in [-0.4, -0.2) is 38.8 Å². The SMILES string of the molecule is COC(=O)C1C(C)=NC2=C(C(=O)C[C@@H](c3ccc(OC)cc3)C2)[C@@H]1c1cccc(OC)c1. The maximum atomic E-state index is 13.5. The van der Waals surface area contributed by atoms with Crippen molar-refractivity contribution in [1.29, 1.82) is 0 Å². The van der Waals surface area contributed by atoms with Crippen LogP contribution < -0.4 is 9.47 Å². The van der Waals surface area contributed by atoms with Gasteiger partial charge in [0, 0.05) is 29.3 Å². The van der Waals surface area contributed by atoms with E-state index in [4.69, 9.17) is 19.2 Å². The third-order valence-electron chi connectivity index (χ3n) is 6.38. The van der Waals surface area contributed by atoms with Crippen molar-refractivity contribution in [1.82, 2.24) is 0 Å². The maximum absolute atomic E-state index is 13.5. The Morgan fingerprint density at radius 1 is 0.938 bits per heavy atom. The molecule has 0 spiro atoms. The topological polar surface area (TPSA) is 74.2 Å². The van der Waals surface area contributed by atoms with Crippen molar-refractivity contribution in [2.75, 3.05) is 21.3 Å². The Bertz CT molecular complexity index is 1100. The molecular formula is C26H27NO5. The second-order valence-corrected chi connectivity index (χ2v) is 8.17. The molecule has 0 N–H and O–H groups in total. The van der Waals surface area contributed by atoms with E-state index in [0.29, 0.717) is 29.9 Å².